The van der Waals surface area contributed by atoms with E-state index in [0.29, 0.717) is 80.3 Å². The summed E-state index contributed by atoms with van der Waals surface area (Å²) < 4.78 is 41.0. The fourth-order valence-electron chi connectivity index (χ4n) is 4.63. The molecule has 1 aromatic heterocycles. The van der Waals surface area contributed by atoms with Gasteiger partial charge >= 0.3 is 13.6 Å². The predicted octanol–water partition coefficient (Wildman–Crippen LogP) is 3.73. The number of carbonyl (C=O) groups is 1. The van der Waals surface area contributed by atoms with Crippen molar-refractivity contribution in [3.63, 3.8) is 0 Å². The van der Waals surface area contributed by atoms with Crippen molar-refractivity contribution in [2.24, 2.45) is 9.98 Å². The van der Waals surface area contributed by atoms with Gasteiger partial charge in [-0.3, -0.25) is 14.8 Å². The van der Waals surface area contributed by atoms with Crippen LogP contribution >= 0.6 is 19.3 Å². The highest BCUT2D eigenvalue weighted by Crippen LogP contribution is 2.55. The SMILES string of the molecule is COC(=O)CCC1N=C(c2ccccn2)c2cc(Cl)ccc2N=C1OP(=O)(N1CCOCC1)N1CCOCC1. The van der Waals surface area contributed by atoms with Gasteiger partial charge < -0.3 is 18.7 Å². The van der Waals surface area contributed by atoms with E-state index in [4.69, 9.17) is 40.3 Å². The molecule has 5 rings (SSSR count). The molecular weight excluding hydrogens is 545 g/mol. The van der Waals surface area contributed by atoms with Gasteiger partial charge in [0.1, 0.15) is 6.04 Å². The van der Waals surface area contributed by atoms with Gasteiger partial charge in [-0.1, -0.05) is 17.7 Å². The second kappa shape index (κ2) is 12.7. The molecule has 39 heavy (non-hydrogen) atoms. The third kappa shape index (κ3) is 6.40. The molecule has 1 aromatic carbocycles. The van der Waals surface area contributed by atoms with Crippen LogP contribution < -0.4 is 0 Å². The summed E-state index contributed by atoms with van der Waals surface area (Å²) in [7, 11) is -2.27. The largest absolute Gasteiger partial charge is 0.469 e. The van der Waals surface area contributed by atoms with E-state index in [1.807, 2.05) is 27.5 Å². The van der Waals surface area contributed by atoms with Gasteiger partial charge in [-0.2, -0.15) is 0 Å². The molecule has 4 heterocycles. The third-order valence-electron chi connectivity index (χ3n) is 6.67. The first-order valence-electron chi connectivity index (χ1n) is 12.9. The van der Waals surface area contributed by atoms with Gasteiger partial charge in [0.25, 0.3) is 0 Å². The van der Waals surface area contributed by atoms with Crippen molar-refractivity contribution >= 4 is 42.5 Å². The molecule has 0 bridgehead atoms. The third-order valence-corrected chi connectivity index (χ3v) is 9.56. The first kappa shape index (κ1) is 27.9. The highest BCUT2D eigenvalue weighted by atomic mass is 35.5. The van der Waals surface area contributed by atoms with E-state index in [2.05, 4.69) is 4.98 Å². The molecule has 3 aliphatic heterocycles. The van der Waals surface area contributed by atoms with Crippen LogP contribution in [0.5, 0.6) is 0 Å². The smallest absolute Gasteiger partial charge is 0.397 e. The van der Waals surface area contributed by atoms with Gasteiger partial charge in [0, 0.05) is 49.4 Å². The van der Waals surface area contributed by atoms with Crippen LogP contribution in [0.15, 0.2) is 52.6 Å². The molecule has 1 atom stereocenters. The molecule has 13 heteroatoms. The number of morpholine rings is 2. The molecule has 2 fully saturated rings. The number of ether oxygens (including phenoxy) is 3. The molecule has 208 valence electrons. The van der Waals surface area contributed by atoms with E-state index in [-0.39, 0.29) is 18.7 Å². The highest BCUT2D eigenvalue weighted by molar-refractivity contribution is 7.54. The number of aliphatic imine (C=N–C) groups is 2. The molecule has 2 aromatic rings. The van der Waals surface area contributed by atoms with E-state index in [1.54, 1.807) is 24.4 Å². The summed E-state index contributed by atoms with van der Waals surface area (Å²) in [6.45, 7) is 3.57. The number of hydrogen-bond donors (Lipinski definition) is 0. The quantitative estimate of drug-likeness (QED) is 0.360. The van der Waals surface area contributed by atoms with Crippen LogP contribution in [0.4, 0.5) is 5.69 Å². The number of methoxy groups -OCH3 is 1. The van der Waals surface area contributed by atoms with E-state index in [1.165, 1.54) is 7.11 Å². The molecule has 0 spiro atoms. The normalized spacial score (nSPS) is 20.8. The maximum atomic E-state index is 14.8. The van der Waals surface area contributed by atoms with Gasteiger partial charge in [-0.05, 0) is 36.8 Å². The van der Waals surface area contributed by atoms with Crippen LogP contribution in [0.1, 0.15) is 24.1 Å². The Morgan fingerprint density at radius 3 is 2.38 bits per heavy atom. The molecule has 0 radical (unpaired) electrons. The number of aromatic nitrogens is 1. The lowest BCUT2D eigenvalue weighted by molar-refractivity contribution is -0.140. The Morgan fingerprint density at radius 1 is 1.08 bits per heavy atom. The zero-order valence-electron chi connectivity index (χ0n) is 21.7. The molecule has 3 aliphatic rings. The minimum Gasteiger partial charge on any atom is -0.469 e. The summed E-state index contributed by atoms with van der Waals surface area (Å²) in [5, 5.41) is 0.510. The zero-order chi connectivity index (χ0) is 27.2. The van der Waals surface area contributed by atoms with Gasteiger partial charge in [-0.15, -0.1) is 0 Å². The number of esters is 1. The Morgan fingerprint density at radius 2 is 1.77 bits per heavy atom. The Balaban J connectivity index is 1.61. The van der Waals surface area contributed by atoms with E-state index in [0.717, 1.165) is 0 Å². The number of pyridine rings is 1. The van der Waals surface area contributed by atoms with Crippen molar-refractivity contribution in [3.05, 3.63) is 58.9 Å². The molecule has 11 nitrogen and oxygen atoms in total. The van der Waals surface area contributed by atoms with Crippen molar-refractivity contribution in [2.45, 2.75) is 18.9 Å². The topological polar surface area (TPSA) is 115 Å². The summed E-state index contributed by atoms with van der Waals surface area (Å²) in [4.78, 5) is 26.6. The molecular formula is C26H31ClN5O6P. The Kier molecular flexibility index (Phi) is 9.06. The van der Waals surface area contributed by atoms with E-state index >= 15 is 0 Å². The number of carbonyl (C=O) groups excluding carboxylic acids is 1. The zero-order valence-corrected chi connectivity index (χ0v) is 23.4. The average molecular weight is 576 g/mol. The standard InChI is InChI=1S/C26H31ClN5O6P/c1-35-24(33)8-7-23-26(38-39(34,31-10-14-36-15-11-31)32-12-16-37-17-13-32)30-21-6-5-19(27)18-20(21)25(29-23)22-4-2-3-9-28-22/h2-6,9,18,23H,7-8,10-17H2,1H3. The van der Waals surface area contributed by atoms with Crippen molar-refractivity contribution in [1.29, 1.82) is 0 Å². The molecule has 0 saturated carbocycles. The van der Waals surface area contributed by atoms with Gasteiger partial charge in [0.15, 0.2) is 0 Å². The van der Waals surface area contributed by atoms with Crippen LogP contribution in [0, 0.1) is 0 Å². The number of benzene rings is 1. The molecule has 2 saturated heterocycles. The Hall–Kier alpha value is -2.66. The summed E-state index contributed by atoms with van der Waals surface area (Å²) in [6.07, 6.45) is 1.98. The highest BCUT2D eigenvalue weighted by Gasteiger charge is 2.44. The lowest BCUT2D eigenvalue weighted by Crippen LogP contribution is -2.44. The lowest BCUT2D eigenvalue weighted by atomic mass is 10.0. The molecule has 0 aliphatic carbocycles. The number of hydrogen-bond acceptors (Lipinski definition) is 9. The monoisotopic (exact) mass is 575 g/mol. The number of fused-ring (bicyclic) bond motifs is 1. The predicted molar refractivity (Wildman–Crippen MR) is 147 cm³/mol. The van der Waals surface area contributed by atoms with Crippen LogP contribution in [-0.4, -0.2) is 97.7 Å². The van der Waals surface area contributed by atoms with Crippen LogP contribution in [0.3, 0.4) is 0 Å². The number of halogens is 1. The number of nitrogens with zero attached hydrogens (tertiary/aromatic N) is 5. The van der Waals surface area contributed by atoms with Crippen molar-refractivity contribution in [3.8, 4) is 0 Å². The van der Waals surface area contributed by atoms with Gasteiger partial charge in [-0.25, -0.2) is 18.9 Å². The maximum Gasteiger partial charge on any atom is 0.397 e. The maximum absolute atomic E-state index is 14.8. The summed E-state index contributed by atoms with van der Waals surface area (Å²) in [5.41, 5.74) is 2.38. The van der Waals surface area contributed by atoms with E-state index in [9.17, 15) is 9.36 Å². The Bertz CT molecular complexity index is 1260. The van der Waals surface area contributed by atoms with E-state index < -0.39 is 19.7 Å². The summed E-state index contributed by atoms with van der Waals surface area (Å²) >= 11 is 6.39. The second-order valence-electron chi connectivity index (χ2n) is 9.15. The molecule has 1 unspecified atom stereocenters. The van der Waals surface area contributed by atoms with Crippen LogP contribution in [-0.2, 0) is 28.1 Å². The van der Waals surface area contributed by atoms with Crippen molar-refractivity contribution in [1.82, 2.24) is 14.3 Å². The second-order valence-corrected chi connectivity index (χ2v) is 11.9. The summed E-state index contributed by atoms with van der Waals surface area (Å²) in [5.74, 6) is -0.229. The van der Waals surface area contributed by atoms with Crippen LogP contribution in [0.25, 0.3) is 0 Å². The van der Waals surface area contributed by atoms with Crippen LogP contribution in [0.2, 0.25) is 5.02 Å². The Labute approximate surface area is 232 Å². The van der Waals surface area contributed by atoms with Crippen molar-refractivity contribution < 1.29 is 28.1 Å². The summed E-state index contributed by atoms with van der Waals surface area (Å²) in [6, 6.07) is 10.1. The first-order valence-corrected chi connectivity index (χ1v) is 14.8. The fourth-order valence-corrected chi connectivity index (χ4v) is 7.14. The molecule has 0 amide bonds. The van der Waals surface area contributed by atoms with Gasteiger partial charge in [0.2, 0.25) is 5.90 Å². The molecule has 0 N–H and O–H groups in total. The van der Waals surface area contributed by atoms with Crippen molar-refractivity contribution in [2.75, 3.05) is 59.7 Å². The minimum absolute atomic E-state index is 0.0685. The minimum atomic E-state index is -3.61. The average Bonchev–Trinajstić information content (AvgIpc) is 3.13. The lowest BCUT2D eigenvalue weighted by Gasteiger charge is -2.41. The van der Waals surface area contributed by atoms with Gasteiger partial charge in [0.05, 0.1) is 50.6 Å². The fraction of sp³-hybridized carbons (Fsp3) is 0.462. The number of rotatable bonds is 7. The first-order chi connectivity index (χ1) is 19.0.